The maximum absolute atomic E-state index is 13.2. The molecule has 4 rings (SSSR count). The standard InChI is InChI=1S/C24H31N3O4S/c1-19-8-9-22(31-2)23(18-19)32(29,30)27-12-10-20(11-13-27)24(28)26-16-14-25(15-17-26)21-6-4-3-5-7-21/h3-9,18,20H,10-17H2,1-2H3. The van der Waals surface area contributed by atoms with Crippen LogP contribution in [0.3, 0.4) is 0 Å². The maximum atomic E-state index is 13.2. The van der Waals surface area contributed by atoms with Gasteiger partial charge in [-0.1, -0.05) is 24.3 Å². The van der Waals surface area contributed by atoms with Gasteiger partial charge in [0, 0.05) is 50.9 Å². The summed E-state index contributed by atoms with van der Waals surface area (Å²) in [7, 11) is -2.18. The molecule has 0 bridgehead atoms. The lowest BCUT2D eigenvalue weighted by atomic mass is 9.96. The molecule has 0 spiro atoms. The average Bonchev–Trinajstić information content (AvgIpc) is 2.84. The van der Waals surface area contributed by atoms with E-state index in [9.17, 15) is 13.2 Å². The zero-order valence-corrected chi connectivity index (χ0v) is 19.6. The number of sulfonamides is 1. The van der Waals surface area contributed by atoms with Crippen LogP contribution in [-0.4, -0.2) is 69.9 Å². The molecular weight excluding hydrogens is 426 g/mol. The number of methoxy groups -OCH3 is 1. The molecule has 2 aliphatic heterocycles. The quantitative estimate of drug-likeness (QED) is 0.691. The average molecular weight is 458 g/mol. The van der Waals surface area contributed by atoms with Crippen molar-refractivity contribution >= 4 is 21.6 Å². The number of piperazine rings is 1. The van der Waals surface area contributed by atoms with E-state index >= 15 is 0 Å². The molecule has 0 aromatic heterocycles. The van der Waals surface area contributed by atoms with Gasteiger partial charge in [-0.05, 0) is 49.6 Å². The van der Waals surface area contributed by atoms with E-state index in [0.29, 0.717) is 44.8 Å². The lowest BCUT2D eigenvalue weighted by Gasteiger charge is -2.39. The van der Waals surface area contributed by atoms with Crippen molar-refractivity contribution in [3.63, 3.8) is 0 Å². The molecule has 2 aromatic rings. The normalized spacial score (nSPS) is 18.6. The van der Waals surface area contributed by atoms with Gasteiger partial charge >= 0.3 is 0 Å². The number of ether oxygens (including phenoxy) is 1. The molecule has 2 saturated heterocycles. The number of anilines is 1. The largest absolute Gasteiger partial charge is 0.495 e. The van der Waals surface area contributed by atoms with Crippen molar-refractivity contribution in [1.82, 2.24) is 9.21 Å². The lowest BCUT2D eigenvalue weighted by molar-refractivity contribution is -0.137. The first kappa shape index (κ1) is 22.6. The summed E-state index contributed by atoms with van der Waals surface area (Å²) < 4.78 is 33.2. The Bertz CT molecular complexity index is 1040. The first-order valence-electron chi connectivity index (χ1n) is 11.1. The number of benzene rings is 2. The number of nitrogens with zero attached hydrogens (tertiary/aromatic N) is 3. The Balaban J connectivity index is 1.35. The summed E-state index contributed by atoms with van der Waals surface area (Å²) in [6, 6.07) is 15.4. The van der Waals surface area contributed by atoms with Crippen LogP contribution in [0, 0.1) is 12.8 Å². The van der Waals surface area contributed by atoms with Crippen LogP contribution >= 0.6 is 0 Å². The SMILES string of the molecule is COc1ccc(C)cc1S(=O)(=O)N1CCC(C(=O)N2CCN(c3ccccc3)CC2)CC1. The number of carbonyl (C=O) groups is 1. The minimum atomic E-state index is -3.66. The molecule has 0 unspecified atom stereocenters. The maximum Gasteiger partial charge on any atom is 0.246 e. The number of aryl methyl sites for hydroxylation is 1. The summed E-state index contributed by atoms with van der Waals surface area (Å²) in [5.41, 5.74) is 2.05. The van der Waals surface area contributed by atoms with Gasteiger partial charge < -0.3 is 14.5 Å². The Hall–Kier alpha value is -2.58. The summed E-state index contributed by atoms with van der Waals surface area (Å²) in [6.07, 6.45) is 1.09. The number of amides is 1. The number of piperidine rings is 1. The number of para-hydroxylation sites is 1. The Morgan fingerprint density at radius 1 is 0.938 bits per heavy atom. The van der Waals surface area contributed by atoms with E-state index in [1.54, 1.807) is 12.1 Å². The molecule has 2 heterocycles. The van der Waals surface area contributed by atoms with Gasteiger partial charge in [0.05, 0.1) is 7.11 Å². The highest BCUT2D eigenvalue weighted by atomic mass is 32.2. The second kappa shape index (κ2) is 9.50. The molecule has 0 atom stereocenters. The topological polar surface area (TPSA) is 70.2 Å². The molecule has 2 aliphatic rings. The van der Waals surface area contributed by atoms with Crippen LogP contribution < -0.4 is 9.64 Å². The Kier molecular flexibility index (Phi) is 6.71. The Labute approximate surface area is 190 Å². The molecule has 0 saturated carbocycles. The van der Waals surface area contributed by atoms with Gasteiger partial charge in [0.25, 0.3) is 0 Å². The van der Waals surface area contributed by atoms with E-state index in [-0.39, 0.29) is 16.7 Å². The second-order valence-electron chi connectivity index (χ2n) is 8.48. The minimum absolute atomic E-state index is 0.121. The van der Waals surface area contributed by atoms with Crippen molar-refractivity contribution in [3.05, 3.63) is 54.1 Å². The van der Waals surface area contributed by atoms with Crippen molar-refractivity contribution in [3.8, 4) is 5.75 Å². The second-order valence-corrected chi connectivity index (χ2v) is 10.4. The summed E-state index contributed by atoms with van der Waals surface area (Å²) in [5, 5.41) is 0. The van der Waals surface area contributed by atoms with Crippen molar-refractivity contribution in [1.29, 1.82) is 0 Å². The van der Waals surface area contributed by atoms with Crippen LogP contribution in [0.25, 0.3) is 0 Å². The molecule has 32 heavy (non-hydrogen) atoms. The van der Waals surface area contributed by atoms with Crippen molar-refractivity contribution in [2.45, 2.75) is 24.7 Å². The Morgan fingerprint density at radius 2 is 1.59 bits per heavy atom. The fraction of sp³-hybridized carbons (Fsp3) is 0.458. The predicted molar refractivity (Wildman–Crippen MR) is 124 cm³/mol. The fourth-order valence-corrected chi connectivity index (χ4v) is 6.26. The molecular formula is C24H31N3O4S. The lowest BCUT2D eigenvalue weighted by Crippen LogP contribution is -2.52. The zero-order valence-electron chi connectivity index (χ0n) is 18.7. The van der Waals surface area contributed by atoms with E-state index in [1.807, 2.05) is 36.1 Å². The molecule has 172 valence electrons. The van der Waals surface area contributed by atoms with Crippen LogP contribution in [0.1, 0.15) is 18.4 Å². The molecule has 7 nitrogen and oxygen atoms in total. The summed E-state index contributed by atoms with van der Waals surface area (Å²) in [6.45, 7) is 5.59. The number of hydrogen-bond donors (Lipinski definition) is 0. The monoisotopic (exact) mass is 457 g/mol. The zero-order chi connectivity index (χ0) is 22.7. The number of hydrogen-bond acceptors (Lipinski definition) is 5. The first-order valence-corrected chi connectivity index (χ1v) is 12.6. The van der Waals surface area contributed by atoms with Gasteiger partial charge in [-0.2, -0.15) is 4.31 Å². The van der Waals surface area contributed by atoms with E-state index in [1.165, 1.54) is 17.1 Å². The van der Waals surface area contributed by atoms with Crippen LogP contribution in [0.5, 0.6) is 5.75 Å². The van der Waals surface area contributed by atoms with E-state index in [2.05, 4.69) is 17.0 Å². The third-order valence-corrected chi connectivity index (χ3v) is 8.37. The van der Waals surface area contributed by atoms with Crippen LogP contribution in [0.2, 0.25) is 0 Å². The molecule has 0 N–H and O–H groups in total. The summed E-state index contributed by atoms with van der Waals surface area (Å²) >= 11 is 0. The molecule has 0 aliphatic carbocycles. The van der Waals surface area contributed by atoms with Crippen LogP contribution in [-0.2, 0) is 14.8 Å². The van der Waals surface area contributed by atoms with Crippen molar-refractivity contribution in [2.24, 2.45) is 5.92 Å². The number of carbonyl (C=O) groups excluding carboxylic acids is 1. The fourth-order valence-electron chi connectivity index (χ4n) is 4.55. The third kappa shape index (κ3) is 4.61. The van der Waals surface area contributed by atoms with Crippen LogP contribution in [0.15, 0.2) is 53.4 Å². The number of rotatable bonds is 5. The highest BCUT2D eigenvalue weighted by Gasteiger charge is 2.35. The van der Waals surface area contributed by atoms with Gasteiger partial charge in [0.1, 0.15) is 10.6 Å². The molecule has 0 radical (unpaired) electrons. The molecule has 8 heteroatoms. The molecule has 2 fully saturated rings. The smallest absolute Gasteiger partial charge is 0.246 e. The van der Waals surface area contributed by atoms with E-state index in [4.69, 9.17) is 4.74 Å². The molecule has 1 amide bonds. The summed E-state index contributed by atoms with van der Waals surface area (Å²) in [4.78, 5) is 17.5. The van der Waals surface area contributed by atoms with Gasteiger partial charge in [-0.25, -0.2) is 8.42 Å². The van der Waals surface area contributed by atoms with Crippen molar-refractivity contribution < 1.29 is 17.9 Å². The van der Waals surface area contributed by atoms with Crippen LogP contribution in [0.4, 0.5) is 5.69 Å². The third-order valence-electron chi connectivity index (χ3n) is 6.45. The summed E-state index contributed by atoms with van der Waals surface area (Å²) in [5.74, 6) is 0.386. The van der Waals surface area contributed by atoms with Gasteiger partial charge in [-0.3, -0.25) is 4.79 Å². The Morgan fingerprint density at radius 3 is 2.22 bits per heavy atom. The highest BCUT2D eigenvalue weighted by molar-refractivity contribution is 7.89. The minimum Gasteiger partial charge on any atom is -0.495 e. The van der Waals surface area contributed by atoms with Gasteiger partial charge in [-0.15, -0.1) is 0 Å². The van der Waals surface area contributed by atoms with Gasteiger partial charge in [0.2, 0.25) is 15.9 Å². The predicted octanol–water partition coefficient (Wildman–Crippen LogP) is 2.75. The van der Waals surface area contributed by atoms with E-state index in [0.717, 1.165) is 18.7 Å². The molecule has 2 aromatic carbocycles. The first-order chi connectivity index (χ1) is 15.4. The highest BCUT2D eigenvalue weighted by Crippen LogP contribution is 2.31. The van der Waals surface area contributed by atoms with Gasteiger partial charge in [0.15, 0.2) is 0 Å². The van der Waals surface area contributed by atoms with E-state index < -0.39 is 10.0 Å². The van der Waals surface area contributed by atoms with Crippen molar-refractivity contribution in [2.75, 3.05) is 51.3 Å².